The van der Waals surface area contributed by atoms with Gasteiger partial charge in [0.25, 0.3) is 0 Å². The molecule has 24 heavy (non-hydrogen) atoms. The summed E-state index contributed by atoms with van der Waals surface area (Å²) in [6.45, 7) is 0. The third-order valence-electron chi connectivity index (χ3n) is 3.97. The van der Waals surface area contributed by atoms with Crippen LogP contribution in [0.1, 0.15) is 24.0 Å². The van der Waals surface area contributed by atoms with E-state index in [1.54, 1.807) is 18.2 Å². The molecule has 128 valence electrons. The lowest BCUT2D eigenvalue weighted by atomic mass is 9.93. The van der Waals surface area contributed by atoms with Crippen LogP contribution in [0.2, 0.25) is 0 Å². The highest BCUT2D eigenvalue weighted by Crippen LogP contribution is 2.49. The zero-order chi connectivity index (χ0) is 16.7. The van der Waals surface area contributed by atoms with Gasteiger partial charge in [-0.15, -0.1) is 12.4 Å². The predicted molar refractivity (Wildman–Crippen MR) is 86.9 cm³/mol. The van der Waals surface area contributed by atoms with E-state index in [9.17, 15) is 18.0 Å². The van der Waals surface area contributed by atoms with Gasteiger partial charge in [0.1, 0.15) is 5.82 Å². The van der Waals surface area contributed by atoms with Crippen LogP contribution < -0.4 is 11.1 Å². The van der Waals surface area contributed by atoms with Gasteiger partial charge in [-0.2, -0.15) is 13.2 Å². The number of rotatable bonds is 3. The van der Waals surface area contributed by atoms with Crippen molar-refractivity contribution >= 4 is 29.8 Å². The summed E-state index contributed by atoms with van der Waals surface area (Å²) in [5, 5.41) is 2.69. The molecule has 3 rings (SSSR count). The van der Waals surface area contributed by atoms with Gasteiger partial charge in [0, 0.05) is 0 Å². The number of nitrogens with zero attached hydrogens (tertiary/aromatic N) is 1. The maximum atomic E-state index is 12.8. The Morgan fingerprint density at radius 2 is 1.92 bits per heavy atom. The van der Waals surface area contributed by atoms with Crippen molar-refractivity contribution in [1.82, 2.24) is 4.98 Å². The Hall–Kier alpha value is -2.28. The topological polar surface area (TPSA) is 68.0 Å². The molecule has 2 aromatic rings. The van der Waals surface area contributed by atoms with E-state index in [1.165, 1.54) is 12.3 Å². The first-order valence-electron chi connectivity index (χ1n) is 7.02. The van der Waals surface area contributed by atoms with E-state index in [1.807, 2.05) is 0 Å². The molecule has 1 heterocycles. The molecule has 1 amide bonds. The smallest absolute Gasteiger partial charge is 0.384 e. The van der Waals surface area contributed by atoms with Crippen molar-refractivity contribution < 1.29 is 18.0 Å². The van der Waals surface area contributed by atoms with Crippen molar-refractivity contribution in [3.8, 4) is 0 Å². The summed E-state index contributed by atoms with van der Waals surface area (Å²) >= 11 is 0. The zero-order valence-corrected chi connectivity index (χ0v) is 13.2. The molecule has 1 saturated carbocycles. The molecule has 0 spiro atoms. The van der Waals surface area contributed by atoms with Crippen LogP contribution in [-0.2, 0) is 16.4 Å². The maximum Gasteiger partial charge on any atom is 0.416 e. The van der Waals surface area contributed by atoms with E-state index >= 15 is 0 Å². The Morgan fingerprint density at radius 1 is 1.21 bits per heavy atom. The van der Waals surface area contributed by atoms with Crippen LogP contribution in [0.4, 0.5) is 24.7 Å². The van der Waals surface area contributed by atoms with E-state index in [-0.39, 0.29) is 18.3 Å². The third-order valence-corrected chi connectivity index (χ3v) is 3.97. The molecule has 1 aliphatic rings. The van der Waals surface area contributed by atoms with E-state index < -0.39 is 17.2 Å². The highest BCUT2D eigenvalue weighted by molar-refractivity contribution is 6.01. The molecule has 0 atom stereocenters. The number of pyridine rings is 1. The standard InChI is InChI=1S/C16H14F3N3O.ClH/c17-16(18,19)11-3-1-2-10(8-11)15(6-7-15)14(23)22-12-4-5-13(20)21-9-12;/h1-5,8-9H,6-7H2,(H2,20,21)(H,22,23);1H. The van der Waals surface area contributed by atoms with Crippen LogP contribution in [0, 0.1) is 0 Å². The van der Waals surface area contributed by atoms with Gasteiger partial charge in [0.05, 0.1) is 22.9 Å². The number of hydrogen-bond donors (Lipinski definition) is 2. The number of carbonyl (C=O) groups excluding carboxylic acids is 1. The van der Waals surface area contributed by atoms with Crippen molar-refractivity contribution in [2.75, 3.05) is 11.1 Å². The molecule has 1 aliphatic carbocycles. The number of nitrogens with two attached hydrogens (primary N) is 1. The minimum atomic E-state index is -4.43. The van der Waals surface area contributed by atoms with Crippen molar-refractivity contribution in [3.63, 3.8) is 0 Å². The number of nitrogens with one attached hydrogen (secondary N) is 1. The van der Waals surface area contributed by atoms with Gasteiger partial charge in [-0.3, -0.25) is 4.79 Å². The van der Waals surface area contributed by atoms with E-state index in [0.717, 1.165) is 12.1 Å². The molecule has 0 saturated heterocycles. The summed E-state index contributed by atoms with van der Waals surface area (Å²) in [6.07, 6.45) is -1.98. The highest BCUT2D eigenvalue weighted by atomic mass is 35.5. The molecule has 0 unspecified atom stereocenters. The first-order chi connectivity index (χ1) is 10.8. The summed E-state index contributed by atoms with van der Waals surface area (Å²) in [4.78, 5) is 16.4. The molecule has 1 aromatic heterocycles. The summed E-state index contributed by atoms with van der Waals surface area (Å²) in [7, 11) is 0. The van der Waals surface area contributed by atoms with Crippen LogP contribution in [0.15, 0.2) is 42.6 Å². The molecule has 0 bridgehead atoms. The van der Waals surface area contributed by atoms with Gasteiger partial charge in [0.15, 0.2) is 0 Å². The number of hydrogen-bond acceptors (Lipinski definition) is 3. The Balaban J connectivity index is 0.00000208. The first-order valence-corrected chi connectivity index (χ1v) is 7.02. The molecule has 0 radical (unpaired) electrons. The average Bonchev–Trinajstić information content (AvgIpc) is 3.31. The SMILES string of the molecule is Cl.Nc1ccc(NC(=O)C2(c3cccc(C(F)(F)F)c3)CC2)cn1. The van der Waals surface area contributed by atoms with Crippen molar-refractivity contribution in [2.45, 2.75) is 24.4 Å². The van der Waals surface area contributed by atoms with Gasteiger partial charge in [0.2, 0.25) is 5.91 Å². The molecule has 0 aliphatic heterocycles. The molecule has 8 heteroatoms. The number of benzene rings is 1. The molecule has 1 fully saturated rings. The lowest BCUT2D eigenvalue weighted by molar-refractivity contribution is -0.137. The maximum absolute atomic E-state index is 12.8. The fraction of sp³-hybridized carbons (Fsp3) is 0.250. The number of alkyl halides is 3. The molecule has 1 aromatic carbocycles. The lowest BCUT2D eigenvalue weighted by Gasteiger charge is -2.17. The first kappa shape index (κ1) is 18.1. The average molecular weight is 358 g/mol. The summed E-state index contributed by atoms with van der Waals surface area (Å²) in [5.41, 5.74) is 4.67. The van der Waals surface area contributed by atoms with Crippen LogP contribution in [0.25, 0.3) is 0 Å². The number of anilines is 2. The molecule has 3 N–H and O–H groups in total. The van der Waals surface area contributed by atoms with Gasteiger partial charge >= 0.3 is 6.18 Å². The van der Waals surface area contributed by atoms with Gasteiger partial charge < -0.3 is 11.1 Å². The normalized spacial score (nSPS) is 15.3. The quantitative estimate of drug-likeness (QED) is 0.878. The van der Waals surface area contributed by atoms with E-state index in [2.05, 4.69) is 10.3 Å². The Morgan fingerprint density at radius 3 is 2.46 bits per heavy atom. The fourth-order valence-corrected chi connectivity index (χ4v) is 2.50. The largest absolute Gasteiger partial charge is 0.416 e. The van der Waals surface area contributed by atoms with Gasteiger partial charge in [-0.1, -0.05) is 18.2 Å². The highest BCUT2D eigenvalue weighted by Gasteiger charge is 2.51. The van der Waals surface area contributed by atoms with E-state index in [4.69, 9.17) is 5.73 Å². The monoisotopic (exact) mass is 357 g/mol. The predicted octanol–water partition coefficient (Wildman–Crippen LogP) is 3.77. The van der Waals surface area contributed by atoms with Crippen molar-refractivity contribution in [2.24, 2.45) is 0 Å². The number of carbonyl (C=O) groups is 1. The van der Waals surface area contributed by atoms with Crippen molar-refractivity contribution in [3.05, 3.63) is 53.7 Å². The number of amides is 1. The summed E-state index contributed by atoms with van der Waals surface area (Å²) in [6, 6.07) is 8.08. The number of aromatic nitrogens is 1. The molecular weight excluding hydrogens is 343 g/mol. The van der Waals surface area contributed by atoms with Crippen LogP contribution in [0.3, 0.4) is 0 Å². The second-order valence-electron chi connectivity index (χ2n) is 5.59. The zero-order valence-electron chi connectivity index (χ0n) is 12.4. The second-order valence-corrected chi connectivity index (χ2v) is 5.59. The second kappa shape index (κ2) is 6.32. The van der Waals surface area contributed by atoms with Crippen molar-refractivity contribution in [1.29, 1.82) is 0 Å². The van der Waals surface area contributed by atoms with Gasteiger partial charge in [-0.25, -0.2) is 4.98 Å². The third kappa shape index (κ3) is 3.46. The minimum Gasteiger partial charge on any atom is -0.384 e. The van der Waals surface area contributed by atoms with Crippen LogP contribution >= 0.6 is 12.4 Å². The Kier molecular flexibility index (Phi) is 4.75. The lowest BCUT2D eigenvalue weighted by Crippen LogP contribution is -2.28. The summed E-state index contributed by atoms with van der Waals surface area (Å²) in [5.74, 6) is -0.00888. The summed E-state index contributed by atoms with van der Waals surface area (Å²) < 4.78 is 38.5. The van der Waals surface area contributed by atoms with Crippen LogP contribution in [-0.4, -0.2) is 10.9 Å². The fourth-order valence-electron chi connectivity index (χ4n) is 2.50. The minimum absolute atomic E-state index is 0. The Labute approximate surface area is 142 Å². The Bertz CT molecular complexity index is 743. The van der Waals surface area contributed by atoms with Crippen LogP contribution in [0.5, 0.6) is 0 Å². The number of halogens is 4. The van der Waals surface area contributed by atoms with E-state index in [0.29, 0.717) is 29.9 Å². The molecule has 4 nitrogen and oxygen atoms in total. The van der Waals surface area contributed by atoms with Gasteiger partial charge in [-0.05, 0) is 36.6 Å². The number of nitrogen functional groups attached to an aromatic ring is 1. The molecular formula is C16H15ClF3N3O.